The molecule has 0 atom stereocenters. The molecule has 1 aromatic heterocycles. The lowest BCUT2D eigenvalue weighted by atomic mass is 10.2. The van der Waals surface area contributed by atoms with Gasteiger partial charge in [0.25, 0.3) is 11.5 Å². The molecule has 0 saturated heterocycles. The van der Waals surface area contributed by atoms with E-state index in [1.54, 1.807) is 6.92 Å². The standard InChI is InChI=1S/C16H16FN5O4S/c1-2-11(24)19-13-12(15(26)22-16(21-13)27-7-10(18)23)20-14(25)8-3-5-9(17)6-4-8/h3-6H,2,7H2,1H3,(H2,18,23)(H,20,25)(H2,19,21,22,24,26). The Kier molecular flexibility index (Phi) is 6.66. The lowest BCUT2D eigenvalue weighted by molar-refractivity contribution is -0.116. The molecule has 0 aliphatic heterocycles. The van der Waals surface area contributed by atoms with Gasteiger partial charge in [-0.25, -0.2) is 9.37 Å². The first kappa shape index (κ1) is 20.1. The second-order valence-electron chi connectivity index (χ2n) is 5.21. The number of carbonyl (C=O) groups excluding carboxylic acids is 3. The monoisotopic (exact) mass is 393 g/mol. The van der Waals surface area contributed by atoms with Crippen LogP contribution in [-0.4, -0.2) is 33.4 Å². The highest BCUT2D eigenvalue weighted by Gasteiger charge is 2.17. The molecule has 0 radical (unpaired) electrons. The lowest BCUT2D eigenvalue weighted by Crippen LogP contribution is -2.25. The van der Waals surface area contributed by atoms with Crippen molar-refractivity contribution in [3.63, 3.8) is 0 Å². The van der Waals surface area contributed by atoms with Crippen molar-refractivity contribution in [2.75, 3.05) is 16.4 Å². The van der Waals surface area contributed by atoms with Crippen LogP contribution in [0.25, 0.3) is 0 Å². The van der Waals surface area contributed by atoms with Gasteiger partial charge in [0.15, 0.2) is 16.7 Å². The number of nitrogens with two attached hydrogens (primary N) is 1. The quantitative estimate of drug-likeness (QED) is 0.409. The molecule has 3 amide bonds. The predicted molar refractivity (Wildman–Crippen MR) is 98.0 cm³/mol. The molecule has 9 nitrogen and oxygen atoms in total. The van der Waals surface area contributed by atoms with Crippen LogP contribution in [-0.2, 0) is 9.59 Å². The minimum absolute atomic E-state index is 0.0463. The maximum atomic E-state index is 13.0. The maximum Gasteiger partial charge on any atom is 0.277 e. The maximum absolute atomic E-state index is 13.0. The number of H-pyrrole nitrogens is 1. The Hall–Kier alpha value is -3.21. The van der Waals surface area contributed by atoms with Gasteiger partial charge in [-0.3, -0.25) is 24.2 Å². The molecule has 1 heterocycles. The van der Waals surface area contributed by atoms with Crippen LogP contribution in [0.4, 0.5) is 15.9 Å². The number of carbonyl (C=O) groups is 3. The molecular weight excluding hydrogens is 377 g/mol. The minimum atomic E-state index is -0.737. The summed E-state index contributed by atoms with van der Waals surface area (Å²) >= 11 is 0.870. The molecule has 1 aromatic carbocycles. The average molecular weight is 393 g/mol. The number of benzene rings is 1. The van der Waals surface area contributed by atoms with Gasteiger partial charge in [-0.05, 0) is 24.3 Å². The van der Waals surface area contributed by atoms with Crippen LogP contribution in [0.5, 0.6) is 0 Å². The fourth-order valence-electron chi connectivity index (χ4n) is 1.87. The van der Waals surface area contributed by atoms with E-state index >= 15 is 0 Å². The van der Waals surface area contributed by atoms with Crippen molar-refractivity contribution in [2.24, 2.45) is 5.73 Å². The first-order valence-electron chi connectivity index (χ1n) is 7.72. The molecule has 2 aromatic rings. The number of thioether (sulfide) groups is 1. The summed E-state index contributed by atoms with van der Waals surface area (Å²) in [5.74, 6) is -2.56. The number of primary amides is 1. The number of anilines is 2. The molecule has 0 spiro atoms. The van der Waals surface area contributed by atoms with Crippen molar-refractivity contribution >= 4 is 41.0 Å². The molecular formula is C16H16FN5O4S. The van der Waals surface area contributed by atoms with Crippen LogP contribution in [0.15, 0.2) is 34.2 Å². The first-order valence-corrected chi connectivity index (χ1v) is 8.71. The molecule has 0 fully saturated rings. The van der Waals surface area contributed by atoms with Crippen molar-refractivity contribution in [1.29, 1.82) is 0 Å². The smallest absolute Gasteiger partial charge is 0.277 e. The number of hydrogen-bond donors (Lipinski definition) is 4. The number of amides is 3. The van der Waals surface area contributed by atoms with Gasteiger partial charge in [-0.2, -0.15) is 0 Å². The third-order valence-electron chi connectivity index (χ3n) is 3.17. The van der Waals surface area contributed by atoms with Crippen molar-refractivity contribution in [3.8, 4) is 0 Å². The molecule has 5 N–H and O–H groups in total. The molecule has 0 unspecified atom stereocenters. The van der Waals surface area contributed by atoms with Crippen LogP contribution >= 0.6 is 11.8 Å². The van der Waals surface area contributed by atoms with E-state index in [0.717, 1.165) is 23.9 Å². The molecule has 11 heteroatoms. The minimum Gasteiger partial charge on any atom is -0.369 e. The number of nitrogens with one attached hydrogen (secondary N) is 3. The first-order chi connectivity index (χ1) is 12.8. The van der Waals surface area contributed by atoms with Gasteiger partial charge in [0.2, 0.25) is 11.8 Å². The van der Waals surface area contributed by atoms with Crippen molar-refractivity contribution in [3.05, 3.63) is 46.0 Å². The van der Waals surface area contributed by atoms with E-state index in [0.29, 0.717) is 0 Å². The summed E-state index contributed by atoms with van der Waals surface area (Å²) in [7, 11) is 0. The molecule has 2 rings (SSSR count). The van der Waals surface area contributed by atoms with Gasteiger partial charge in [0, 0.05) is 12.0 Å². The molecule has 142 valence electrons. The van der Waals surface area contributed by atoms with Crippen LogP contribution in [0.1, 0.15) is 23.7 Å². The second-order valence-corrected chi connectivity index (χ2v) is 6.18. The normalized spacial score (nSPS) is 10.3. The van der Waals surface area contributed by atoms with Crippen molar-refractivity contribution in [1.82, 2.24) is 9.97 Å². The zero-order valence-corrected chi connectivity index (χ0v) is 15.0. The van der Waals surface area contributed by atoms with Gasteiger partial charge < -0.3 is 16.4 Å². The van der Waals surface area contributed by atoms with Crippen LogP contribution in [0, 0.1) is 5.82 Å². The van der Waals surface area contributed by atoms with Gasteiger partial charge in [-0.15, -0.1) is 0 Å². The van der Waals surface area contributed by atoms with Gasteiger partial charge in [0.1, 0.15) is 5.82 Å². The summed E-state index contributed by atoms with van der Waals surface area (Å²) in [5, 5.41) is 4.82. The Morgan fingerprint density at radius 3 is 2.48 bits per heavy atom. The number of rotatable bonds is 7. The average Bonchev–Trinajstić information content (AvgIpc) is 2.63. The van der Waals surface area contributed by atoms with E-state index in [1.807, 2.05) is 0 Å². The highest BCUT2D eigenvalue weighted by atomic mass is 32.2. The molecule has 27 heavy (non-hydrogen) atoms. The van der Waals surface area contributed by atoms with Crippen LogP contribution < -0.4 is 21.9 Å². The zero-order chi connectivity index (χ0) is 20.0. The summed E-state index contributed by atoms with van der Waals surface area (Å²) in [6.45, 7) is 1.60. The largest absolute Gasteiger partial charge is 0.369 e. The van der Waals surface area contributed by atoms with E-state index in [-0.39, 0.29) is 34.4 Å². The Balaban J connectivity index is 2.35. The number of nitrogens with zero attached hydrogens (tertiary/aromatic N) is 1. The summed E-state index contributed by atoms with van der Waals surface area (Å²) < 4.78 is 13.0. The molecule has 0 aliphatic carbocycles. The number of aromatic amines is 1. The number of hydrogen-bond acceptors (Lipinski definition) is 6. The molecule has 0 aliphatic rings. The Morgan fingerprint density at radius 2 is 1.89 bits per heavy atom. The molecule has 0 saturated carbocycles. The molecule has 0 bridgehead atoms. The van der Waals surface area contributed by atoms with E-state index in [9.17, 15) is 23.6 Å². The van der Waals surface area contributed by atoms with Crippen molar-refractivity contribution in [2.45, 2.75) is 18.5 Å². The van der Waals surface area contributed by atoms with Gasteiger partial charge >= 0.3 is 0 Å². The fraction of sp³-hybridized carbons (Fsp3) is 0.188. The SMILES string of the molecule is CCC(=O)Nc1nc(SCC(N)=O)[nH]c(=O)c1NC(=O)c1ccc(F)cc1. The highest BCUT2D eigenvalue weighted by molar-refractivity contribution is 7.99. The van der Waals surface area contributed by atoms with E-state index in [2.05, 4.69) is 20.6 Å². The fourth-order valence-corrected chi connectivity index (χ4v) is 2.47. The summed E-state index contributed by atoms with van der Waals surface area (Å²) in [6.07, 6.45) is 0.115. The number of aromatic nitrogens is 2. The van der Waals surface area contributed by atoms with E-state index in [4.69, 9.17) is 5.73 Å². The van der Waals surface area contributed by atoms with Gasteiger partial charge in [0.05, 0.1) is 5.75 Å². The summed E-state index contributed by atoms with van der Waals surface area (Å²) in [6, 6.07) is 4.68. The Morgan fingerprint density at radius 1 is 1.22 bits per heavy atom. The van der Waals surface area contributed by atoms with E-state index < -0.39 is 29.1 Å². The lowest BCUT2D eigenvalue weighted by Gasteiger charge is -2.12. The Labute approximate surface area is 156 Å². The van der Waals surface area contributed by atoms with Gasteiger partial charge in [-0.1, -0.05) is 18.7 Å². The van der Waals surface area contributed by atoms with Crippen LogP contribution in [0.3, 0.4) is 0 Å². The highest BCUT2D eigenvalue weighted by Crippen LogP contribution is 2.20. The van der Waals surface area contributed by atoms with Crippen molar-refractivity contribution < 1.29 is 18.8 Å². The second kappa shape index (κ2) is 8.94. The van der Waals surface area contributed by atoms with E-state index in [1.165, 1.54) is 12.1 Å². The summed E-state index contributed by atoms with van der Waals surface area (Å²) in [4.78, 5) is 53.7. The predicted octanol–water partition coefficient (Wildman–Crippen LogP) is 1.09. The summed E-state index contributed by atoms with van der Waals surface area (Å²) in [5.41, 5.74) is 4.14. The van der Waals surface area contributed by atoms with Crippen LogP contribution in [0.2, 0.25) is 0 Å². The third kappa shape index (κ3) is 5.64. The topological polar surface area (TPSA) is 147 Å². The number of halogens is 1. The zero-order valence-electron chi connectivity index (χ0n) is 14.2. The Bertz CT molecular complexity index is 929. The third-order valence-corrected chi connectivity index (χ3v) is 4.07.